The summed E-state index contributed by atoms with van der Waals surface area (Å²) < 4.78 is 116. The normalized spacial score (nSPS) is 23.8. The largest absolute Gasteiger partial charge is 0.483 e. The van der Waals surface area contributed by atoms with Crippen LogP contribution in [0.25, 0.3) is 0 Å². The van der Waals surface area contributed by atoms with Gasteiger partial charge in [0.05, 0.1) is 20.8 Å². The summed E-state index contributed by atoms with van der Waals surface area (Å²) in [6.07, 6.45) is -23.4. The van der Waals surface area contributed by atoms with Gasteiger partial charge in [0.15, 0.2) is 18.6 Å². The van der Waals surface area contributed by atoms with E-state index in [9.17, 15) is 105 Å². The maximum atomic E-state index is 13.8. The van der Waals surface area contributed by atoms with E-state index in [1.54, 1.807) is 5.32 Å². The summed E-state index contributed by atoms with van der Waals surface area (Å²) in [6, 6.07) is -8.49. The molecule has 2 aliphatic heterocycles. The van der Waals surface area contributed by atoms with Crippen LogP contribution in [0.5, 0.6) is 0 Å². The highest BCUT2D eigenvalue weighted by Crippen LogP contribution is 2.61. The van der Waals surface area contributed by atoms with Gasteiger partial charge in [0.2, 0.25) is 35.4 Å². The Morgan fingerprint density at radius 2 is 1.32 bits per heavy atom. The number of amides is 7. The first-order valence-electron chi connectivity index (χ1n) is 27.1. The Bertz CT molecular complexity index is 3010. The Labute approximate surface area is 513 Å². The van der Waals surface area contributed by atoms with E-state index in [-0.39, 0.29) is 19.3 Å². The van der Waals surface area contributed by atoms with E-state index in [1.807, 2.05) is 4.98 Å². The summed E-state index contributed by atoms with van der Waals surface area (Å²) >= 11 is 0. The van der Waals surface area contributed by atoms with Crippen molar-refractivity contribution in [1.29, 1.82) is 0 Å². The minimum atomic E-state index is -6.09. The number of esters is 4. The summed E-state index contributed by atoms with van der Waals surface area (Å²) in [7, 11) is -9.99. The number of methoxy groups -OCH3 is 2. The number of phosphoric acid groups is 2. The van der Waals surface area contributed by atoms with Gasteiger partial charge in [-0.15, -0.1) is 0 Å². The van der Waals surface area contributed by atoms with Crippen LogP contribution in [0.4, 0.5) is 13.2 Å². The number of carbonyl (C=O) groups excluding carboxylic acids is 11. The van der Waals surface area contributed by atoms with Crippen molar-refractivity contribution < 1.29 is 142 Å². The highest BCUT2D eigenvalue weighted by atomic mass is 31.3. The molecule has 0 aromatic carbocycles. The number of ether oxygens (including phenoxy) is 7. The first-order valence-corrected chi connectivity index (χ1v) is 30.1. The van der Waals surface area contributed by atoms with Gasteiger partial charge in [-0.25, -0.2) is 23.5 Å². The number of H-pyrrole nitrogens is 1. The molecule has 17 atom stereocenters. The van der Waals surface area contributed by atoms with Crippen LogP contribution >= 0.6 is 15.6 Å². The molecule has 43 heteroatoms. The van der Waals surface area contributed by atoms with Crippen LogP contribution in [0.2, 0.25) is 0 Å². The first kappa shape index (κ1) is 77.9. The van der Waals surface area contributed by atoms with E-state index in [0.29, 0.717) is 4.57 Å². The minimum absolute atomic E-state index is 0.0954. The van der Waals surface area contributed by atoms with Gasteiger partial charge in [-0.1, -0.05) is 0 Å². The molecular weight excluding hydrogens is 1290 g/mol. The number of rotatable bonds is 33. The number of aromatic nitrogens is 2. The van der Waals surface area contributed by atoms with Gasteiger partial charge in [0.25, 0.3) is 5.56 Å². The van der Waals surface area contributed by atoms with E-state index < -0.39 is 222 Å². The third-order valence-corrected chi connectivity index (χ3v) is 15.4. The monoisotopic (exact) mass is 1360 g/mol. The lowest BCUT2D eigenvalue weighted by Gasteiger charge is -2.46. The van der Waals surface area contributed by atoms with E-state index in [2.05, 4.69) is 40.9 Å². The number of alkyl halides is 3. The fourth-order valence-corrected chi connectivity index (χ4v) is 10.5. The average molecular weight is 1360 g/mol. The maximum absolute atomic E-state index is 13.8. The van der Waals surface area contributed by atoms with Gasteiger partial charge in [0, 0.05) is 46.0 Å². The lowest BCUT2D eigenvalue weighted by Crippen LogP contribution is -2.67. The number of hydrogen-bond donors (Lipinski definition) is 12. The van der Waals surface area contributed by atoms with E-state index in [1.165, 1.54) is 13.8 Å². The van der Waals surface area contributed by atoms with Crippen molar-refractivity contribution in [2.75, 3.05) is 34.0 Å². The summed E-state index contributed by atoms with van der Waals surface area (Å²) in [6.45, 7) is 4.69. The van der Waals surface area contributed by atoms with Gasteiger partial charge in [-0.05, 0) is 53.4 Å². The molecular formula is C48H72F3N9O29P2. The molecule has 3 rings (SSSR count). The summed E-state index contributed by atoms with van der Waals surface area (Å²) in [5.41, 5.74) is -1.93. The average Bonchev–Trinajstić information content (AvgIpc) is 1.57. The predicted octanol–water partition coefficient (Wildman–Crippen LogP) is -4.64. The van der Waals surface area contributed by atoms with E-state index in [0.717, 1.165) is 61.1 Å². The highest BCUT2D eigenvalue weighted by molar-refractivity contribution is 7.61. The SMILES string of the molecule is COC(=O)[C@@H](C)NC(=O)[C@@H](C)NC(=O)[C@H](CCCCNC(=O)C(F)(F)F)NC(=O)CC[C@@H](NC(=O)[C@H](C)NC(=O)[C@@H](C)O[C@@H]1[C@@H](NC(C)=O)[C@@H](OP(=O)(O)OP(=O)(O)OC[C@H]2O[C@@H](n3ccc(=O)[nH]c3=O)[C@H](O)[C@@H]2O)O[C@H](COC(C)=O)[C@H]1OC(C)=O)C(=O)OC. The third-order valence-electron chi connectivity index (χ3n) is 12.8. The van der Waals surface area contributed by atoms with Gasteiger partial charge in [-0.2, -0.15) is 17.5 Å². The van der Waals surface area contributed by atoms with Crippen LogP contribution in [0.15, 0.2) is 21.9 Å². The fraction of sp³-hybridized carbons (Fsp3) is 0.688. The Morgan fingerprint density at radius 3 is 1.89 bits per heavy atom. The van der Waals surface area contributed by atoms with E-state index in [4.69, 9.17) is 37.5 Å². The molecule has 0 radical (unpaired) electrons. The molecule has 91 heavy (non-hydrogen) atoms. The Balaban J connectivity index is 1.80. The van der Waals surface area contributed by atoms with Crippen LogP contribution in [0.1, 0.15) is 86.8 Å². The number of phosphoric ester groups is 2. The number of unbranched alkanes of at least 4 members (excludes halogenated alkanes) is 1. The van der Waals surface area contributed by atoms with Crippen molar-refractivity contribution in [3.8, 4) is 0 Å². The molecule has 0 saturated carbocycles. The summed E-state index contributed by atoms with van der Waals surface area (Å²) in [5, 5.41) is 36.5. The van der Waals surface area contributed by atoms with Crippen LogP contribution in [0.3, 0.4) is 0 Å². The topological polar surface area (TPSA) is 534 Å². The highest BCUT2D eigenvalue weighted by Gasteiger charge is 2.54. The van der Waals surface area contributed by atoms with Crippen molar-refractivity contribution >= 4 is 80.9 Å². The molecule has 12 N–H and O–H groups in total. The van der Waals surface area contributed by atoms with E-state index >= 15 is 0 Å². The molecule has 1 aromatic heterocycles. The molecule has 2 saturated heterocycles. The smallest absolute Gasteiger partial charge is 0.467 e. The fourth-order valence-electron chi connectivity index (χ4n) is 8.33. The number of carbonyl (C=O) groups is 11. The zero-order chi connectivity index (χ0) is 69.0. The minimum Gasteiger partial charge on any atom is -0.467 e. The molecule has 3 heterocycles. The Kier molecular flexibility index (Phi) is 29.9. The molecule has 0 aliphatic carbocycles. The van der Waals surface area contributed by atoms with Gasteiger partial charge >= 0.3 is 57.3 Å². The lowest BCUT2D eigenvalue weighted by atomic mass is 9.96. The van der Waals surface area contributed by atoms with Crippen molar-refractivity contribution in [2.45, 2.75) is 178 Å². The standard InChI is InChI=1S/C48H72F3N9O29P2/c1-20(38(68)55-22(3)43(72)80-8)54-41(71)27(12-10-11-16-52-46(74)48(49,50)51)57-31(64)14-13-28(44(73)81-9)58-39(69)21(2)53-40(70)23(4)84-37-33(56-24(5)61)45(87-30(18-82-25(6)62)36(37)85-26(7)63)88-91(78,79)89-90(76,77)83-19-29-34(66)35(67)42(86-29)60-17-15-32(65)59-47(60)75/h15,17,20-23,27-30,33-37,42,45,66-67H,10-14,16,18-19H2,1-9H3,(H,52,74)(H,53,70)(H,54,71)(H,55,68)(H,56,61)(H,57,64)(H,58,69)(H,76,77)(H,78,79)(H,59,65,75)/t20-,21+,22-,23-,27+,28-,29-,30-,33-,34-,35-,36-,37-,42-,45-/m1/s1. The van der Waals surface area contributed by atoms with Crippen LogP contribution in [0, 0.1) is 0 Å². The Hall–Kier alpha value is -7.30. The number of aromatic amines is 1. The molecule has 2 unspecified atom stereocenters. The van der Waals surface area contributed by atoms with Crippen LogP contribution < -0.4 is 48.5 Å². The van der Waals surface area contributed by atoms with Crippen LogP contribution in [-0.4, -0.2) is 220 Å². The summed E-state index contributed by atoms with van der Waals surface area (Å²) in [5.74, 6) is -12.5. The lowest BCUT2D eigenvalue weighted by molar-refractivity contribution is -0.267. The Morgan fingerprint density at radius 1 is 0.714 bits per heavy atom. The third kappa shape index (κ3) is 25.0. The number of hydrogen-bond acceptors (Lipinski definition) is 27. The second-order valence-corrected chi connectivity index (χ2v) is 23.1. The zero-order valence-electron chi connectivity index (χ0n) is 49.9. The quantitative estimate of drug-likeness (QED) is 0.0136. The molecule has 514 valence electrons. The molecule has 1 aromatic rings. The van der Waals surface area contributed by atoms with Crippen molar-refractivity contribution in [3.05, 3.63) is 33.1 Å². The molecule has 0 bridgehead atoms. The van der Waals surface area contributed by atoms with Gasteiger partial charge in [0.1, 0.15) is 79.5 Å². The number of aliphatic hydroxyl groups excluding tert-OH is 2. The molecule has 0 spiro atoms. The molecule has 7 amide bonds. The van der Waals surface area contributed by atoms with Crippen molar-refractivity contribution in [1.82, 2.24) is 46.8 Å². The van der Waals surface area contributed by atoms with Crippen LogP contribution in [-0.2, 0) is 108 Å². The second kappa shape index (κ2) is 34.9. The van der Waals surface area contributed by atoms with Gasteiger partial charge < -0.3 is 90.4 Å². The second-order valence-electron chi connectivity index (χ2n) is 20.1. The first-order chi connectivity index (χ1) is 42.2. The number of halogens is 3. The molecule has 2 aliphatic rings. The summed E-state index contributed by atoms with van der Waals surface area (Å²) in [4.78, 5) is 187. The van der Waals surface area contributed by atoms with Crippen molar-refractivity contribution in [3.63, 3.8) is 0 Å². The zero-order valence-corrected chi connectivity index (χ0v) is 51.7. The number of aliphatic hydroxyl groups is 2. The van der Waals surface area contributed by atoms with Crippen molar-refractivity contribution in [2.24, 2.45) is 0 Å². The number of nitrogens with zero attached hydrogens (tertiary/aromatic N) is 1. The number of nitrogens with one attached hydrogen (secondary N) is 8. The molecule has 38 nitrogen and oxygen atoms in total. The molecule has 2 fully saturated rings. The predicted molar refractivity (Wildman–Crippen MR) is 291 cm³/mol. The van der Waals surface area contributed by atoms with Gasteiger partial charge in [-0.3, -0.25) is 66.5 Å². The maximum Gasteiger partial charge on any atom is 0.483 e.